The second-order valence-electron chi connectivity index (χ2n) is 5.57. The number of benzene rings is 2. The lowest BCUT2D eigenvalue weighted by atomic mass is 10.2. The normalized spacial score (nSPS) is 13.4. The Kier molecular flexibility index (Phi) is 5.68. The van der Waals surface area contributed by atoms with E-state index in [0.29, 0.717) is 17.2 Å². The molecule has 0 saturated carbocycles. The number of ether oxygens (including phenoxy) is 3. The summed E-state index contributed by atoms with van der Waals surface area (Å²) < 4.78 is 28.8. The smallest absolute Gasteiger partial charge is 0.326 e. The van der Waals surface area contributed by atoms with Gasteiger partial charge in [-0.2, -0.15) is 0 Å². The van der Waals surface area contributed by atoms with E-state index >= 15 is 0 Å². The molecule has 1 aliphatic rings. The third-order valence-corrected chi connectivity index (χ3v) is 3.75. The number of halogens is 1. The highest BCUT2D eigenvalue weighted by atomic mass is 19.1. The Hall–Kier alpha value is -3.09. The summed E-state index contributed by atoms with van der Waals surface area (Å²) in [6, 6.07) is 12.6. The predicted octanol–water partition coefficient (Wildman–Crippen LogP) is 2.56. The van der Waals surface area contributed by atoms with Gasteiger partial charge in [-0.3, -0.25) is 14.5 Å². The third kappa shape index (κ3) is 4.50. The Morgan fingerprint density at radius 1 is 1.12 bits per heavy atom. The fourth-order valence-electron chi connectivity index (χ4n) is 2.51. The summed E-state index contributed by atoms with van der Waals surface area (Å²) in [5.74, 6) is -0.0515. The van der Waals surface area contributed by atoms with Crippen molar-refractivity contribution >= 4 is 17.6 Å². The molecule has 0 saturated heterocycles. The van der Waals surface area contributed by atoms with E-state index in [1.165, 1.54) is 29.2 Å². The molecule has 0 aliphatic carbocycles. The molecule has 0 bridgehead atoms. The monoisotopic (exact) mass is 359 g/mol. The number of esters is 1. The van der Waals surface area contributed by atoms with Gasteiger partial charge < -0.3 is 14.2 Å². The van der Waals surface area contributed by atoms with Crippen LogP contribution in [0.25, 0.3) is 0 Å². The Balaban J connectivity index is 1.51. The molecule has 2 aromatic carbocycles. The van der Waals surface area contributed by atoms with E-state index in [-0.39, 0.29) is 44.5 Å². The SMILES string of the molecule is O=C(CN1C(=O)CCOc2ccccc21)OCCOc1ccc(F)cc1. The summed E-state index contributed by atoms with van der Waals surface area (Å²) in [7, 11) is 0. The van der Waals surface area contributed by atoms with Crippen LogP contribution in [0.4, 0.5) is 10.1 Å². The van der Waals surface area contributed by atoms with Gasteiger partial charge in [0.15, 0.2) is 0 Å². The van der Waals surface area contributed by atoms with Crippen LogP contribution in [0.3, 0.4) is 0 Å². The molecular formula is C19H18FNO5. The number of hydrogen-bond acceptors (Lipinski definition) is 5. The number of rotatable bonds is 6. The first-order valence-corrected chi connectivity index (χ1v) is 8.19. The summed E-state index contributed by atoms with van der Waals surface area (Å²) in [5, 5.41) is 0. The van der Waals surface area contributed by atoms with E-state index in [0.717, 1.165) is 0 Å². The first-order valence-electron chi connectivity index (χ1n) is 8.19. The molecule has 0 N–H and O–H groups in total. The average molecular weight is 359 g/mol. The van der Waals surface area contributed by atoms with Crippen molar-refractivity contribution in [2.24, 2.45) is 0 Å². The lowest BCUT2D eigenvalue weighted by molar-refractivity contribution is -0.143. The lowest BCUT2D eigenvalue weighted by Crippen LogP contribution is -2.36. The predicted molar refractivity (Wildman–Crippen MR) is 91.8 cm³/mol. The molecule has 1 heterocycles. The second kappa shape index (κ2) is 8.33. The van der Waals surface area contributed by atoms with Gasteiger partial charge in [0, 0.05) is 0 Å². The molecule has 6 nitrogen and oxygen atoms in total. The maximum Gasteiger partial charge on any atom is 0.326 e. The summed E-state index contributed by atoms with van der Waals surface area (Å²) in [4.78, 5) is 25.7. The van der Waals surface area contributed by atoms with Crippen molar-refractivity contribution in [3.05, 3.63) is 54.3 Å². The minimum absolute atomic E-state index is 0.0242. The fraction of sp³-hybridized carbons (Fsp3) is 0.263. The van der Waals surface area contributed by atoms with Crippen molar-refractivity contribution in [2.75, 3.05) is 31.3 Å². The number of carbonyl (C=O) groups is 2. The Labute approximate surface area is 150 Å². The van der Waals surface area contributed by atoms with Crippen LogP contribution in [-0.2, 0) is 14.3 Å². The van der Waals surface area contributed by atoms with Crippen molar-refractivity contribution in [3.63, 3.8) is 0 Å². The topological polar surface area (TPSA) is 65.1 Å². The van der Waals surface area contributed by atoms with Crippen LogP contribution >= 0.6 is 0 Å². The Bertz CT molecular complexity index is 778. The molecule has 2 aromatic rings. The first kappa shape index (κ1) is 17.7. The molecule has 136 valence electrons. The average Bonchev–Trinajstić information content (AvgIpc) is 2.80. The van der Waals surface area contributed by atoms with Gasteiger partial charge in [0.2, 0.25) is 5.91 Å². The zero-order valence-corrected chi connectivity index (χ0v) is 14.0. The molecule has 1 aliphatic heterocycles. The minimum Gasteiger partial charge on any atom is -0.491 e. The van der Waals surface area contributed by atoms with Crippen molar-refractivity contribution in [1.82, 2.24) is 0 Å². The number of amides is 1. The Morgan fingerprint density at radius 2 is 1.88 bits per heavy atom. The first-order chi connectivity index (χ1) is 12.6. The number of para-hydroxylation sites is 2. The van der Waals surface area contributed by atoms with Crippen molar-refractivity contribution in [3.8, 4) is 11.5 Å². The van der Waals surface area contributed by atoms with Crippen molar-refractivity contribution < 1.29 is 28.2 Å². The van der Waals surface area contributed by atoms with Crippen LogP contribution in [0.1, 0.15) is 6.42 Å². The standard InChI is InChI=1S/C19H18FNO5/c20-14-5-7-15(8-6-14)24-11-12-26-19(23)13-21-16-3-1-2-4-17(16)25-10-9-18(21)22/h1-8H,9-13H2. The van der Waals surface area contributed by atoms with E-state index in [1.807, 2.05) is 0 Å². The maximum absolute atomic E-state index is 12.8. The molecule has 0 fully saturated rings. The fourth-order valence-corrected chi connectivity index (χ4v) is 2.51. The number of anilines is 1. The zero-order chi connectivity index (χ0) is 18.4. The third-order valence-electron chi connectivity index (χ3n) is 3.75. The van der Waals surface area contributed by atoms with Crippen LogP contribution in [0.2, 0.25) is 0 Å². The molecule has 0 atom stereocenters. The highest BCUT2D eigenvalue weighted by molar-refractivity contribution is 5.99. The zero-order valence-electron chi connectivity index (χ0n) is 14.0. The molecule has 0 unspecified atom stereocenters. The van der Waals surface area contributed by atoms with Gasteiger partial charge in [0.05, 0.1) is 18.7 Å². The molecule has 0 spiro atoms. The molecule has 3 rings (SSSR count). The van der Waals surface area contributed by atoms with Gasteiger partial charge in [-0.25, -0.2) is 4.39 Å². The molecule has 7 heteroatoms. The summed E-state index contributed by atoms with van der Waals surface area (Å²) >= 11 is 0. The van der Waals surface area contributed by atoms with Gasteiger partial charge in [-0.1, -0.05) is 12.1 Å². The van der Waals surface area contributed by atoms with Gasteiger partial charge in [-0.05, 0) is 36.4 Å². The molecule has 0 radical (unpaired) electrons. The van der Waals surface area contributed by atoms with E-state index < -0.39 is 5.97 Å². The highest BCUT2D eigenvalue weighted by Gasteiger charge is 2.25. The van der Waals surface area contributed by atoms with Gasteiger partial charge >= 0.3 is 5.97 Å². The molecule has 0 aromatic heterocycles. The lowest BCUT2D eigenvalue weighted by Gasteiger charge is -2.20. The maximum atomic E-state index is 12.8. The number of carbonyl (C=O) groups excluding carboxylic acids is 2. The summed E-state index contributed by atoms with van der Waals surface area (Å²) in [6.07, 6.45) is 0.190. The minimum atomic E-state index is -0.544. The van der Waals surface area contributed by atoms with Crippen molar-refractivity contribution in [2.45, 2.75) is 6.42 Å². The van der Waals surface area contributed by atoms with Crippen LogP contribution in [0.15, 0.2) is 48.5 Å². The molecule has 1 amide bonds. The Morgan fingerprint density at radius 3 is 2.69 bits per heavy atom. The van der Waals surface area contributed by atoms with Crippen LogP contribution in [0, 0.1) is 5.82 Å². The van der Waals surface area contributed by atoms with Crippen LogP contribution in [0.5, 0.6) is 11.5 Å². The van der Waals surface area contributed by atoms with Crippen LogP contribution < -0.4 is 14.4 Å². The van der Waals surface area contributed by atoms with E-state index in [9.17, 15) is 14.0 Å². The summed E-state index contributed by atoms with van der Waals surface area (Å²) in [6.45, 7) is 0.226. The van der Waals surface area contributed by atoms with Gasteiger partial charge in [0.25, 0.3) is 0 Å². The number of fused-ring (bicyclic) bond motifs is 1. The largest absolute Gasteiger partial charge is 0.491 e. The van der Waals surface area contributed by atoms with Crippen LogP contribution in [-0.4, -0.2) is 38.2 Å². The van der Waals surface area contributed by atoms with Crippen molar-refractivity contribution in [1.29, 1.82) is 0 Å². The molecular weight excluding hydrogens is 341 g/mol. The quantitative estimate of drug-likeness (QED) is 0.586. The number of nitrogens with zero attached hydrogens (tertiary/aromatic N) is 1. The van der Waals surface area contributed by atoms with Gasteiger partial charge in [0.1, 0.15) is 37.1 Å². The van der Waals surface area contributed by atoms with Gasteiger partial charge in [-0.15, -0.1) is 0 Å². The second-order valence-corrected chi connectivity index (χ2v) is 5.57. The number of hydrogen-bond donors (Lipinski definition) is 0. The van der Waals surface area contributed by atoms with E-state index in [1.54, 1.807) is 24.3 Å². The van der Waals surface area contributed by atoms with E-state index in [4.69, 9.17) is 14.2 Å². The molecule has 26 heavy (non-hydrogen) atoms. The summed E-state index contributed by atoms with van der Waals surface area (Å²) in [5.41, 5.74) is 0.550. The highest BCUT2D eigenvalue weighted by Crippen LogP contribution is 2.30. The van der Waals surface area contributed by atoms with E-state index in [2.05, 4.69) is 0 Å².